The molecule has 2 fully saturated rings. The zero-order valence-electron chi connectivity index (χ0n) is 12.0. The predicted molar refractivity (Wildman–Crippen MR) is 80.9 cm³/mol. The Hall–Kier alpha value is -1.88. The molecule has 4 rings (SSSR count). The summed E-state index contributed by atoms with van der Waals surface area (Å²) in [5, 5.41) is 3.57. The molecule has 2 heterocycles. The number of fused-ring (bicyclic) bond motifs is 1. The van der Waals surface area contributed by atoms with Crippen LogP contribution in [0.1, 0.15) is 48.3 Å². The molecule has 1 aromatic carbocycles. The van der Waals surface area contributed by atoms with Gasteiger partial charge < -0.3 is 16.0 Å². The number of H-pyrrole nitrogens is 1. The quantitative estimate of drug-likeness (QED) is 0.803. The second-order valence-electron chi connectivity index (χ2n) is 6.41. The average Bonchev–Trinajstić information content (AvgIpc) is 2.78. The minimum absolute atomic E-state index is 0.0287. The van der Waals surface area contributed by atoms with Gasteiger partial charge in [0.25, 0.3) is 5.91 Å². The number of carbonyl (C=O) groups excluding carboxylic acids is 1. The number of nitrogens with two attached hydrogens (primary N) is 1. The van der Waals surface area contributed by atoms with Crippen molar-refractivity contribution in [3.05, 3.63) is 29.6 Å². The largest absolute Gasteiger partial charge is 0.366 e. The van der Waals surface area contributed by atoms with Gasteiger partial charge in [-0.25, -0.2) is 4.98 Å². The van der Waals surface area contributed by atoms with E-state index in [0.717, 1.165) is 36.6 Å². The summed E-state index contributed by atoms with van der Waals surface area (Å²) >= 11 is 0. The Morgan fingerprint density at radius 3 is 2.81 bits per heavy atom. The molecule has 1 aromatic heterocycles. The monoisotopic (exact) mass is 284 g/mol. The lowest BCUT2D eigenvalue weighted by atomic mass is 9.72. The highest BCUT2D eigenvalue weighted by atomic mass is 16.1. The number of benzene rings is 1. The fourth-order valence-electron chi connectivity index (χ4n) is 3.55. The molecule has 0 spiro atoms. The van der Waals surface area contributed by atoms with Crippen molar-refractivity contribution < 1.29 is 4.79 Å². The maximum Gasteiger partial charge on any atom is 0.250 e. The Labute approximate surface area is 123 Å². The summed E-state index contributed by atoms with van der Waals surface area (Å²) < 4.78 is 0. The van der Waals surface area contributed by atoms with Gasteiger partial charge in [-0.15, -0.1) is 0 Å². The second kappa shape index (κ2) is 4.56. The van der Waals surface area contributed by atoms with E-state index >= 15 is 0 Å². The number of carbonyl (C=O) groups is 1. The van der Waals surface area contributed by atoms with Crippen LogP contribution in [0.5, 0.6) is 0 Å². The number of aromatic amines is 1. The Balaban J connectivity index is 1.75. The van der Waals surface area contributed by atoms with Crippen LogP contribution in [0.25, 0.3) is 11.0 Å². The number of nitrogens with zero attached hydrogens (tertiary/aromatic N) is 1. The van der Waals surface area contributed by atoms with Gasteiger partial charge in [-0.2, -0.15) is 0 Å². The number of primary amides is 1. The van der Waals surface area contributed by atoms with Gasteiger partial charge in [-0.3, -0.25) is 4.79 Å². The van der Waals surface area contributed by atoms with E-state index in [4.69, 9.17) is 10.7 Å². The SMILES string of the molecule is NC(=O)c1cccc2[nH]c(C3(CC4CCC4)CCN3)nc12. The fraction of sp³-hybridized carbons (Fsp3) is 0.500. The summed E-state index contributed by atoms with van der Waals surface area (Å²) in [5.74, 6) is 1.35. The van der Waals surface area contributed by atoms with E-state index in [2.05, 4.69) is 10.3 Å². The molecule has 1 aliphatic carbocycles. The third kappa shape index (κ3) is 1.95. The zero-order valence-corrected chi connectivity index (χ0v) is 12.0. The van der Waals surface area contributed by atoms with Crippen molar-refractivity contribution in [3.8, 4) is 0 Å². The van der Waals surface area contributed by atoms with Gasteiger partial charge in [-0.05, 0) is 37.4 Å². The lowest BCUT2D eigenvalue weighted by Crippen LogP contribution is -2.56. The van der Waals surface area contributed by atoms with Crippen molar-refractivity contribution in [2.24, 2.45) is 11.7 Å². The van der Waals surface area contributed by atoms with Crippen molar-refractivity contribution in [2.45, 2.75) is 37.6 Å². The highest BCUT2D eigenvalue weighted by Crippen LogP contribution is 2.42. The molecule has 4 N–H and O–H groups in total. The maximum atomic E-state index is 11.5. The van der Waals surface area contributed by atoms with Crippen molar-refractivity contribution in [3.63, 3.8) is 0 Å². The molecule has 1 aliphatic heterocycles. The van der Waals surface area contributed by atoms with Gasteiger partial charge in [0.1, 0.15) is 11.3 Å². The van der Waals surface area contributed by atoms with E-state index in [9.17, 15) is 4.79 Å². The van der Waals surface area contributed by atoms with E-state index in [1.165, 1.54) is 19.3 Å². The lowest BCUT2D eigenvalue weighted by Gasteiger charge is -2.45. The first-order valence-corrected chi connectivity index (χ1v) is 7.72. The third-order valence-electron chi connectivity index (χ3n) is 5.11. The Morgan fingerprint density at radius 1 is 1.43 bits per heavy atom. The maximum absolute atomic E-state index is 11.5. The van der Waals surface area contributed by atoms with Crippen LogP contribution in [0.2, 0.25) is 0 Å². The smallest absolute Gasteiger partial charge is 0.250 e. The van der Waals surface area contributed by atoms with Crippen molar-refractivity contribution >= 4 is 16.9 Å². The molecule has 1 unspecified atom stereocenters. The van der Waals surface area contributed by atoms with E-state index in [0.29, 0.717) is 11.1 Å². The molecular formula is C16H20N4O. The summed E-state index contributed by atoms with van der Waals surface area (Å²) in [6.45, 7) is 1.03. The molecule has 21 heavy (non-hydrogen) atoms. The van der Waals surface area contributed by atoms with Crippen LogP contribution in [-0.2, 0) is 5.54 Å². The summed E-state index contributed by atoms with van der Waals surface area (Å²) in [7, 11) is 0. The van der Waals surface area contributed by atoms with Crippen LogP contribution >= 0.6 is 0 Å². The first-order chi connectivity index (χ1) is 10.2. The normalized spacial score (nSPS) is 25.5. The molecule has 110 valence electrons. The van der Waals surface area contributed by atoms with Gasteiger partial charge in [0.2, 0.25) is 0 Å². The number of para-hydroxylation sites is 1. The number of hydrogen-bond donors (Lipinski definition) is 3. The molecule has 0 radical (unpaired) electrons. The Bertz CT molecular complexity index is 697. The van der Waals surface area contributed by atoms with E-state index in [1.54, 1.807) is 6.07 Å². The number of hydrogen-bond acceptors (Lipinski definition) is 3. The molecule has 2 aliphatic rings. The van der Waals surface area contributed by atoms with Gasteiger partial charge in [0.05, 0.1) is 16.6 Å². The van der Waals surface area contributed by atoms with Gasteiger partial charge in [0.15, 0.2) is 0 Å². The molecule has 1 saturated carbocycles. The summed E-state index contributed by atoms with van der Waals surface area (Å²) in [4.78, 5) is 19.7. The lowest BCUT2D eigenvalue weighted by molar-refractivity contribution is 0.100. The van der Waals surface area contributed by atoms with Crippen LogP contribution in [0.15, 0.2) is 18.2 Å². The van der Waals surface area contributed by atoms with E-state index < -0.39 is 5.91 Å². The Morgan fingerprint density at radius 2 is 2.24 bits per heavy atom. The minimum Gasteiger partial charge on any atom is -0.366 e. The Kier molecular flexibility index (Phi) is 2.79. The van der Waals surface area contributed by atoms with Crippen LogP contribution < -0.4 is 11.1 Å². The topological polar surface area (TPSA) is 83.8 Å². The van der Waals surface area contributed by atoms with Gasteiger partial charge in [0, 0.05) is 0 Å². The van der Waals surface area contributed by atoms with E-state index in [-0.39, 0.29) is 5.54 Å². The number of nitrogens with one attached hydrogen (secondary N) is 2. The number of aromatic nitrogens is 2. The molecule has 5 nitrogen and oxygen atoms in total. The summed E-state index contributed by atoms with van der Waals surface area (Å²) in [6, 6.07) is 5.53. The highest BCUT2D eigenvalue weighted by molar-refractivity contribution is 6.04. The summed E-state index contributed by atoms with van der Waals surface area (Å²) in [5.41, 5.74) is 7.50. The molecule has 5 heteroatoms. The average molecular weight is 284 g/mol. The van der Waals surface area contributed by atoms with Crippen LogP contribution in [0.3, 0.4) is 0 Å². The predicted octanol–water partition coefficient (Wildman–Crippen LogP) is 2.04. The molecule has 1 amide bonds. The highest BCUT2D eigenvalue weighted by Gasteiger charge is 2.43. The van der Waals surface area contributed by atoms with Crippen molar-refractivity contribution in [2.75, 3.05) is 6.54 Å². The first-order valence-electron chi connectivity index (χ1n) is 7.72. The molecule has 1 atom stereocenters. The van der Waals surface area contributed by atoms with Crippen molar-refractivity contribution in [1.82, 2.24) is 15.3 Å². The molecule has 0 bridgehead atoms. The molecule has 1 saturated heterocycles. The first kappa shape index (κ1) is 12.8. The molecular weight excluding hydrogens is 264 g/mol. The molecule has 2 aromatic rings. The van der Waals surface area contributed by atoms with Gasteiger partial charge in [-0.1, -0.05) is 25.3 Å². The summed E-state index contributed by atoms with van der Waals surface area (Å²) in [6.07, 6.45) is 6.26. The van der Waals surface area contributed by atoms with Crippen LogP contribution in [-0.4, -0.2) is 22.4 Å². The van der Waals surface area contributed by atoms with Crippen LogP contribution in [0, 0.1) is 5.92 Å². The van der Waals surface area contributed by atoms with Gasteiger partial charge >= 0.3 is 0 Å². The number of imidazole rings is 1. The van der Waals surface area contributed by atoms with Crippen molar-refractivity contribution in [1.29, 1.82) is 0 Å². The third-order valence-corrected chi connectivity index (χ3v) is 5.11. The number of rotatable bonds is 4. The fourth-order valence-corrected chi connectivity index (χ4v) is 3.55. The minimum atomic E-state index is -0.423. The number of amides is 1. The van der Waals surface area contributed by atoms with E-state index in [1.807, 2.05) is 12.1 Å². The zero-order chi connectivity index (χ0) is 14.4. The van der Waals surface area contributed by atoms with Crippen LogP contribution in [0.4, 0.5) is 0 Å². The standard InChI is InChI=1S/C16H20N4O/c17-14(21)11-5-2-6-12-13(11)20-15(19-12)16(7-8-18-16)9-10-3-1-4-10/h2,5-6,10,18H,1,3-4,7-9H2,(H2,17,21)(H,19,20). The second-order valence-corrected chi connectivity index (χ2v) is 6.41.